The minimum Gasteiger partial charge on any atom is -0.377 e. The van der Waals surface area contributed by atoms with Crippen LogP contribution in [0, 0.1) is 0 Å². The lowest BCUT2D eigenvalue weighted by atomic mass is 9.99. The fraction of sp³-hybridized carbons (Fsp3) is 0.471. The van der Waals surface area contributed by atoms with Crippen LogP contribution in [0.3, 0.4) is 0 Å². The smallest absolute Gasteiger partial charge is 0.0726 e. The van der Waals surface area contributed by atoms with Crippen molar-refractivity contribution in [3.05, 3.63) is 36.0 Å². The minimum atomic E-state index is -0.000706. The first-order valence-corrected chi connectivity index (χ1v) is 7.50. The number of fused-ring (bicyclic) bond motifs is 1. The van der Waals surface area contributed by atoms with Crippen LogP contribution in [-0.4, -0.2) is 37.3 Å². The van der Waals surface area contributed by atoms with E-state index in [0.717, 1.165) is 37.5 Å². The summed E-state index contributed by atoms with van der Waals surface area (Å²) < 4.78 is 5.66. The zero-order valence-electron chi connectivity index (χ0n) is 13.0. The third-order valence-corrected chi connectivity index (χ3v) is 4.04. The largest absolute Gasteiger partial charge is 0.377 e. The highest BCUT2D eigenvalue weighted by molar-refractivity contribution is 5.92. The molecule has 0 atom stereocenters. The zero-order chi connectivity index (χ0) is 14.9. The molecule has 1 aliphatic rings. The van der Waals surface area contributed by atoms with Crippen molar-refractivity contribution in [3.63, 3.8) is 0 Å². The number of para-hydroxylation sites is 1. The highest BCUT2D eigenvalue weighted by atomic mass is 16.5. The highest BCUT2D eigenvalue weighted by Crippen LogP contribution is 2.33. The Morgan fingerprint density at radius 1 is 1.33 bits per heavy atom. The summed E-state index contributed by atoms with van der Waals surface area (Å²) in [6.07, 6.45) is 0. The van der Waals surface area contributed by atoms with E-state index in [9.17, 15) is 0 Å². The van der Waals surface area contributed by atoms with E-state index >= 15 is 0 Å². The average molecular weight is 285 g/mol. The van der Waals surface area contributed by atoms with Crippen LogP contribution in [0.5, 0.6) is 0 Å². The quantitative estimate of drug-likeness (QED) is 0.940. The van der Waals surface area contributed by atoms with E-state index in [-0.39, 0.29) is 5.54 Å². The average Bonchev–Trinajstić information content (AvgIpc) is 2.46. The summed E-state index contributed by atoms with van der Waals surface area (Å²) in [5.41, 5.74) is 3.40. The molecule has 3 rings (SSSR count). The van der Waals surface area contributed by atoms with E-state index in [1.54, 1.807) is 0 Å². The number of aromatic nitrogens is 1. The molecule has 112 valence electrons. The Morgan fingerprint density at radius 3 is 2.90 bits per heavy atom. The van der Waals surface area contributed by atoms with E-state index in [1.807, 2.05) is 13.1 Å². The molecular formula is C17H23N3O. The Kier molecular flexibility index (Phi) is 3.83. The fourth-order valence-corrected chi connectivity index (χ4v) is 3.01. The molecule has 1 aromatic carbocycles. The molecule has 2 aromatic rings. The Morgan fingerprint density at radius 2 is 2.14 bits per heavy atom. The van der Waals surface area contributed by atoms with Gasteiger partial charge in [-0.3, -0.25) is 4.98 Å². The summed E-state index contributed by atoms with van der Waals surface area (Å²) in [5, 5.41) is 4.41. The number of pyridine rings is 1. The van der Waals surface area contributed by atoms with Crippen molar-refractivity contribution < 1.29 is 4.74 Å². The van der Waals surface area contributed by atoms with Gasteiger partial charge in [-0.25, -0.2) is 0 Å². The van der Waals surface area contributed by atoms with Crippen LogP contribution < -0.4 is 10.2 Å². The number of ether oxygens (including phenoxy) is 1. The second kappa shape index (κ2) is 5.62. The second-order valence-electron chi connectivity index (χ2n) is 6.20. The van der Waals surface area contributed by atoms with Crippen molar-refractivity contribution in [1.82, 2.24) is 10.3 Å². The normalized spacial score (nSPS) is 18.1. The molecule has 0 unspecified atom stereocenters. The van der Waals surface area contributed by atoms with E-state index < -0.39 is 0 Å². The molecule has 1 aromatic heterocycles. The molecule has 1 saturated heterocycles. The predicted molar refractivity (Wildman–Crippen MR) is 86.8 cm³/mol. The molecule has 2 heterocycles. The number of anilines is 1. The van der Waals surface area contributed by atoms with Crippen LogP contribution in [0.1, 0.15) is 19.5 Å². The van der Waals surface area contributed by atoms with Gasteiger partial charge >= 0.3 is 0 Å². The van der Waals surface area contributed by atoms with E-state index in [2.05, 4.69) is 48.3 Å². The summed E-state index contributed by atoms with van der Waals surface area (Å²) in [7, 11) is 1.95. The lowest BCUT2D eigenvalue weighted by Crippen LogP contribution is -2.53. The van der Waals surface area contributed by atoms with Gasteiger partial charge in [-0.15, -0.1) is 0 Å². The maximum absolute atomic E-state index is 5.66. The third kappa shape index (κ3) is 2.74. The first-order chi connectivity index (χ1) is 10.1. The van der Waals surface area contributed by atoms with Crippen molar-refractivity contribution in [1.29, 1.82) is 0 Å². The Bertz CT molecular complexity index is 639. The van der Waals surface area contributed by atoms with Gasteiger partial charge in [0.05, 0.1) is 30.0 Å². The topological polar surface area (TPSA) is 37.4 Å². The lowest BCUT2D eigenvalue weighted by molar-refractivity contribution is 0.0645. The van der Waals surface area contributed by atoms with Gasteiger partial charge in [0.1, 0.15) is 0 Å². The van der Waals surface area contributed by atoms with Gasteiger partial charge in [0.2, 0.25) is 0 Å². The first-order valence-electron chi connectivity index (χ1n) is 7.50. The summed E-state index contributed by atoms with van der Waals surface area (Å²) in [6.45, 7) is 7.70. The van der Waals surface area contributed by atoms with Gasteiger partial charge < -0.3 is 15.0 Å². The monoisotopic (exact) mass is 285 g/mol. The molecule has 0 bridgehead atoms. The Balaban J connectivity index is 2.15. The molecule has 4 nitrogen and oxygen atoms in total. The van der Waals surface area contributed by atoms with Crippen molar-refractivity contribution in [2.75, 3.05) is 31.7 Å². The highest BCUT2D eigenvalue weighted by Gasteiger charge is 2.31. The van der Waals surface area contributed by atoms with Crippen LogP contribution in [-0.2, 0) is 11.3 Å². The Hall–Kier alpha value is -1.65. The van der Waals surface area contributed by atoms with Crippen molar-refractivity contribution in [2.24, 2.45) is 0 Å². The fourth-order valence-electron chi connectivity index (χ4n) is 3.01. The Labute approximate surface area is 126 Å². The van der Waals surface area contributed by atoms with Crippen LogP contribution in [0.15, 0.2) is 30.3 Å². The van der Waals surface area contributed by atoms with E-state index in [4.69, 9.17) is 9.72 Å². The summed E-state index contributed by atoms with van der Waals surface area (Å²) >= 11 is 0. The molecule has 21 heavy (non-hydrogen) atoms. The third-order valence-electron chi connectivity index (χ3n) is 4.04. The van der Waals surface area contributed by atoms with Gasteiger partial charge in [0, 0.05) is 24.2 Å². The molecule has 1 N–H and O–H groups in total. The van der Waals surface area contributed by atoms with Crippen LogP contribution in [0.25, 0.3) is 10.9 Å². The minimum absolute atomic E-state index is 0.000706. The summed E-state index contributed by atoms with van der Waals surface area (Å²) in [5.74, 6) is 0. The molecule has 4 heteroatoms. The van der Waals surface area contributed by atoms with Gasteiger partial charge in [0.25, 0.3) is 0 Å². The summed E-state index contributed by atoms with van der Waals surface area (Å²) in [4.78, 5) is 7.21. The number of rotatable bonds is 3. The number of hydrogen-bond acceptors (Lipinski definition) is 4. The molecular weight excluding hydrogens is 262 g/mol. The maximum Gasteiger partial charge on any atom is 0.0726 e. The second-order valence-corrected chi connectivity index (χ2v) is 6.20. The van der Waals surface area contributed by atoms with Crippen molar-refractivity contribution >= 4 is 16.6 Å². The number of hydrogen-bond donors (Lipinski definition) is 1. The first kappa shape index (κ1) is 14.3. The standard InChI is InChI=1S/C17H23N3O/c1-17(2)12-21-9-8-20(17)16-10-13(11-18-3)19-15-7-5-4-6-14(15)16/h4-7,10,18H,8-9,11-12H2,1-3H3. The molecule has 1 aliphatic heterocycles. The molecule has 1 fully saturated rings. The van der Waals surface area contributed by atoms with Crippen molar-refractivity contribution in [3.8, 4) is 0 Å². The predicted octanol–water partition coefficient (Wildman–Crippen LogP) is 2.57. The molecule has 0 amide bonds. The molecule has 0 spiro atoms. The molecule has 0 saturated carbocycles. The van der Waals surface area contributed by atoms with Gasteiger partial charge in [0.15, 0.2) is 0 Å². The number of nitrogens with one attached hydrogen (secondary N) is 1. The zero-order valence-corrected chi connectivity index (χ0v) is 13.0. The van der Waals surface area contributed by atoms with E-state index in [0.29, 0.717) is 0 Å². The van der Waals surface area contributed by atoms with Crippen LogP contribution in [0.2, 0.25) is 0 Å². The maximum atomic E-state index is 5.66. The van der Waals surface area contributed by atoms with Crippen molar-refractivity contribution in [2.45, 2.75) is 25.9 Å². The lowest BCUT2D eigenvalue weighted by Gasteiger charge is -2.44. The van der Waals surface area contributed by atoms with Gasteiger partial charge in [-0.1, -0.05) is 18.2 Å². The number of nitrogens with zero attached hydrogens (tertiary/aromatic N) is 2. The van der Waals surface area contributed by atoms with Crippen LogP contribution >= 0.6 is 0 Å². The number of benzene rings is 1. The molecule has 0 radical (unpaired) electrons. The SMILES string of the molecule is CNCc1cc(N2CCOCC2(C)C)c2ccccc2n1. The molecule has 0 aliphatic carbocycles. The van der Waals surface area contributed by atoms with Gasteiger partial charge in [-0.2, -0.15) is 0 Å². The van der Waals surface area contributed by atoms with E-state index in [1.165, 1.54) is 11.1 Å². The van der Waals surface area contributed by atoms with Crippen LogP contribution in [0.4, 0.5) is 5.69 Å². The van der Waals surface area contributed by atoms with Gasteiger partial charge in [-0.05, 0) is 33.0 Å². The number of morpholine rings is 1. The summed E-state index contributed by atoms with van der Waals surface area (Å²) in [6, 6.07) is 10.6.